The number of nitrogens with one attached hydrogen (secondary N) is 1. The summed E-state index contributed by atoms with van der Waals surface area (Å²) in [5.41, 5.74) is 3.04. The minimum Gasteiger partial charge on any atom is -0.378 e. The van der Waals surface area contributed by atoms with Gasteiger partial charge in [-0.2, -0.15) is 0 Å². The molecule has 1 aliphatic rings. The molecule has 1 atom stereocenters. The van der Waals surface area contributed by atoms with Crippen LogP contribution in [0.3, 0.4) is 0 Å². The highest BCUT2D eigenvalue weighted by Gasteiger charge is 2.40. The van der Waals surface area contributed by atoms with Crippen LogP contribution >= 0.6 is 0 Å². The van der Waals surface area contributed by atoms with Crippen molar-refractivity contribution in [2.45, 2.75) is 52.7 Å². The Morgan fingerprint density at radius 2 is 1.87 bits per heavy atom. The Morgan fingerprint density at radius 1 is 1.26 bits per heavy atom. The molecule has 1 aliphatic heterocycles. The van der Waals surface area contributed by atoms with E-state index < -0.39 is 11.5 Å². The zero-order valence-electron chi connectivity index (χ0n) is 14.4. The normalized spacial score (nSPS) is 21.2. The smallest absolute Gasteiger partial charge is 0.254 e. The Labute approximate surface area is 137 Å². The lowest BCUT2D eigenvalue weighted by Gasteiger charge is -2.37. The molecule has 126 valence electrons. The van der Waals surface area contributed by atoms with Gasteiger partial charge in [-0.25, -0.2) is 0 Å². The Kier molecular flexibility index (Phi) is 5.09. The summed E-state index contributed by atoms with van der Waals surface area (Å²) in [6.07, 6.45) is 1.01. The molecule has 1 heterocycles. The van der Waals surface area contributed by atoms with Gasteiger partial charge in [0, 0.05) is 20.0 Å². The summed E-state index contributed by atoms with van der Waals surface area (Å²) in [7, 11) is 0. The van der Waals surface area contributed by atoms with Crippen LogP contribution in [0, 0.1) is 20.8 Å². The Morgan fingerprint density at radius 3 is 2.43 bits per heavy atom. The molecule has 5 nitrogen and oxygen atoms in total. The second-order valence-electron chi connectivity index (χ2n) is 6.64. The van der Waals surface area contributed by atoms with Crippen LogP contribution in [0.5, 0.6) is 0 Å². The summed E-state index contributed by atoms with van der Waals surface area (Å²) in [6, 6.07) is 4.17. The van der Waals surface area contributed by atoms with E-state index in [0.717, 1.165) is 16.7 Å². The van der Waals surface area contributed by atoms with E-state index in [9.17, 15) is 14.7 Å². The number of rotatable bonds is 3. The topological polar surface area (TPSA) is 69.6 Å². The first-order valence-corrected chi connectivity index (χ1v) is 8.06. The summed E-state index contributed by atoms with van der Waals surface area (Å²) in [4.78, 5) is 25.5. The van der Waals surface area contributed by atoms with Gasteiger partial charge >= 0.3 is 0 Å². The highest BCUT2D eigenvalue weighted by molar-refractivity contribution is 5.86. The molecule has 0 spiro atoms. The Hall–Kier alpha value is -1.88. The molecule has 23 heavy (non-hydrogen) atoms. The lowest BCUT2D eigenvalue weighted by Crippen LogP contribution is -2.57. The van der Waals surface area contributed by atoms with Crippen LogP contribution in [0.1, 0.15) is 42.0 Å². The number of aliphatic hydroxyl groups is 1. The van der Waals surface area contributed by atoms with Gasteiger partial charge in [-0.1, -0.05) is 17.7 Å². The van der Waals surface area contributed by atoms with Gasteiger partial charge in [0.1, 0.15) is 0 Å². The van der Waals surface area contributed by atoms with Crippen LogP contribution in [0.2, 0.25) is 0 Å². The highest BCUT2D eigenvalue weighted by Crippen LogP contribution is 2.22. The zero-order valence-corrected chi connectivity index (χ0v) is 14.4. The van der Waals surface area contributed by atoms with Crippen LogP contribution in [0.25, 0.3) is 0 Å². The lowest BCUT2D eigenvalue weighted by atomic mass is 9.91. The van der Waals surface area contributed by atoms with Gasteiger partial charge in [0.25, 0.3) is 5.91 Å². The maximum atomic E-state index is 12.5. The highest BCUT2D eigenvalue weighted by atomic mass is 16.3. The van der Waals surface area contributed by atoms with Gasteiger partial charge in [0.15, 0.2) is 5.60 Å². The van der Waals surface area contributed by atoms with Crippen molar-refractivity contribution in [3.8, 4) is 0 Å². The predicted molar refractivity (Wildman–Crippen MR) is 88.9 cm³/mol. The van der Waals surface area contributed by atoms with E-state index in [1.54, 1.807) is 0 Å². The van der Waals surface area contributed by atoms with Crippen molar-refractivity contribution in [1.29, 1.82) is 0 Å². The number of amides is 2. The fraction of sp³-hybridized carbons (Fsp3) is 0.556. The molecule has 2 N–H and O–H groups in total. The van der Waals surface area contributed by atoms with Gasteiger partial charge in [-0.15, -0.1) is 0 Å². The third kappa shape index (κ3) is 3.91. The number of β-amino-alcohol motifs (C(OH)–C–C–N with tert-alkyl or cyclic N) is 1. The van der Waals surface area contributed by atoms with Crippen LogP contribution in [0.4, 0.5) is 0 Å². The van der Waals surface area contributed by atoms with Crippen LogP contribution < -0.4 is 5.32 Å². The second kappa shape index (κ2) is 6.71. The fourth-order valence-corrected chi connectivity index (χ4v) is 3.31. The van der Waals surface area contributed by atoms with Gasteiger partial charge in [-0.05, 0) is 50.3 Å². The Balaban J connectivity index is 2.06. The lowest BCUT2D eigenvalue weighted by molar-refractivity contribution is -0.150. The van der Waals surface area contributed by atoms with E-state index in [-0.39, 0.29) is 12.5 Å². The Bertz CT molecular complexity index is 604. The average molecular weight is 318 g/mol. The van der Waals surface area contributed by atoms with E-state index in [1.807, 2.05) is 20.8 Å². The molecule has 1 aromatic carbocycles. The van der Waals surface area contributed by atoms with E-state index in [1.165, 1.54) is 17.4 Å². The number of aryl methyl sites for hydroxylation is 3. The monoisotopic (exact) mass is 318 g/mol. The standard InChI is InChI=1S/C18H26N2O3/c1-12-8-13(2)16(14(3)9-12)10-19-17(22)18(23)6-5-7-20(11-18)15(4)21/h8-9,23H,5-7,10-11H2,1-4H3,(H,19,22)/t18-/m0/s1. The van der Waals surface area contributed by atoms with Crippen molar-refractivity contribution in [2.75, 3.05) is 13.1 Å². The minimum absolute atomic E-state index is 0.0695. The largest absolute Gasteiger partial charge is 0.378 e. The molecule has 0 bridgehead atoms. The first kappa shape index (κ1) is 17.5. The van der Waals surface area contributed by atoms with Crippen molar-refractivity contribution >= 4 is 11.8 Å². The minimum atomic E-state index is -1.49. The molecule has 5 heteroatoms. The quantitative estimate of drug-likeness (QED) is 0.889. The molecule has 0 saturated carbocycles. The molecule has 2 amide bonds. The van der Waals surface area contributed by atoms with Crippen LogP contribution in [-0.4, -0.2) is 40.5 Å². The van der Waals surface area contributed by atoms with Crippen LogP contribution in [-0.2, 0) is 16.1 Å². The van der Waals surface area contributed by atoms with Gasteiger partial charge in [0.2, 0.25) is 5.91 Å². The number of benzene rings is 1. The van der Waals surface area contributed by atoms with Gasteiger partial charge < -0.3 is 15.3 Å². The number of carbonyl (C=O) groups is 2. The molecule has 1 fully saturated rings. The maximum Gasteiger partial charge on any atom is 0.254 e. The summed E-state index contributed by atoms with van der Waals surface area (Å²) in [5, 5.41) is 13.5. The summed E-state index contributed by atoms with van der Waals surface area (Å²) in [5.74, 6) is -0.510. The molecule has 0 radical (unpaired) electrons. The SMILES string of the molecule is CC(=O)N1CCC[C@@](O)(C(=O)NCc2c(C)cc(C)cc2C)C1. The molecule has 0 aliphatic carbocycles. The zero-order chi connectivity index (χ0) is 17.2. The third-order valence-corrected chi connectivity index (χ3v) is 4.60. The van der Waals surface area contributed by atoms with Crippen molar-refractivity contribution in [3.63, 3.8) is 0 Å². The summed E-state index contributed by atoms with van der Waals surface area (Å²) >= 11 is 0. The summed E-state index contributed by atoms with van der Waals surface area (Å²) < 4.78 is 0. The molecule has 1 saturated heterocycles. The van der Waals surface area contributed by atoms with E-state index in [0.29, 0.717) is 25.9 Å². The first-order valence-electron chi connectivity index (χ1n) is 8.06. The fourth-order valence-electron chi connectivity index (χ4n) is 3.31. The second-order valence-corrected chi connectivity index (χ2v) is 6.64. The number of likely N-dealkylation sites (tertiary alicyclic amines) is 1. The van der Waals surface area contributed by atoms with Gasteiger partial charge in [0.05, 0.1) is 6.54 Å². The first-order chi connectivity index (χ1) is 10.7. The number of carbonyl (C=O) groups excluding carboxylic acids is 2. The van der Waals surface area contributed by atoms with E-state index in [4.69, 9.17) is 0 Å². The molecule has 1 aromatic rings. The van der Waals surface area contributed by atoms with E-state index >= 15 is 0 Å². The van der Waals surface area contributed by atoms with Crippen molar-refractivity contribution in [1.82, 2.24) is 10.2 Å². The molecular weight excluding hydrogens is 292 g/mol. The predicted octanol–water partition coefficient (Wildman–Crippen LogP) is 1.60. The number of hydrogen-bond acceptors (Lipinski definition) is 3. The average Bonchev–Trinajstić information content (AvgIpc) is 2.45. The molecule has 0 unspecified atom stereocenters. The summed E-state index contributed by atoms with van der Waals surface area (Å²) in [6.45, 7) is 8.61. The third-order valence-electron chi connectivity index (χ3n) is 4.60. The van der Waals surface area contributed by atoms with Crippen molar-refractivity contribution in [3.05, 3.63) is 34.4 Å². The number of nitrogens with zero attached hydrogens (tertiary/aromatic N) is 1. The van der Waals surface area contributed by atoms with Crippen molar-refractivity contribution < 1.29 is 14.7 Å². The molecule has 2 rings (SSSR count). The van der Waals surface area contributed by atoms with E-state index in [2.05, 4.69) is 17.4 Å². The van der Waals surface area contributed by atoms with Crippen molar-refractivity contribution in [2.24, 2.45) is 0 Å². The van der Waals surface area contributed by atoms with Gasteiger partial charge in [-0.3, -0.25) is 9.59 Å². The maximum absolute atomic E-state index is 12.5. The molecule has 0 aromatic heterocycles. The molecular formula is C18H26N2O3. The number of piperidine rings is 1. The van der Waals surface area contributed by atoms with Crippen LogP contribution in [0.15, 0.2) is 12.1 Å². The number of hydrogen-bond donors (Lipinski definition) is 2.